The van der Waals surface area contributed by atoms with Gasteiger partial charge in [-0.3, -0.25) is 4.79 Å². The average Bonchev–Trinajstić information content (AvgIpc) is 2.03. The molecule has 14 heavy (non-hydrogen) atoms. The van der Waals surface area contributed by atoms with Gasteiger partial charge in [0.25, 0.3) is 0 Å². The molecule has 3 heteroatoms. The van der Waals surface area contributed by atoms with Crippen LogP contribution in [-0.4, -0.2) is 23.0 Å². The molecular formula is C11H23NOS. The molecule has 0 aromatic carbocycles. The molecule has 0 spiro atoms. The lowest BCUT2D eigenvalue weighted by atomic mass is 10.0. The summed E-state index contributed by atoms with van der Waals surface area (Å²) in [6.07, 6.45) is 2.95. The zero-order valence-electron chi connectivity index (χ0n) is 10.2. The van der Waals surface area contributed by atoms with Crippen molar-refractivity contribution in [1.82, 2.24) is 5.32 Å². The summed E-state index contributed by atoms with van der Waals surface area (Å²) in [6, 6.07) is 0. The molecule has 0 aliphatic rings. The highest BCUT2D eigenvalue weighted by atomic mass is 32.2. The summed E-state index contributed by atoms with van der Waals surface area (Å²) < 4.78 is 0. The van der Waals surface area contributed by atoms with Crippen molar-refractivity contribution in [2.45, 2.75) is 51.8 Å². The zero-order valence-corrected chi connectivity index (χ0v) is 11.0. The van der Waals surface area contributed by atoms with Gasteiger partial charge in [-0.1, -0.05) is 20.8 Å². The van der Waals surface area contributed by atoms with Crippen LogP contribution >= 0.6 is 11.8 Å². The Morgan fingerprint density at radius 3 is 2.21 bits per heavy atom. The summed E-state index contributed by atoms with van der Waals surface area (Å²) >= 11 is 1.63. The van der Waals surface area contributed by atoms with Crippen LogP contribution in [0.1, 0.15) is 41.0 Å². The van der Waals surface area contributed by atoms with E-state index in [0.717, 1.165) is 6.42 Å². The quantitative estimate of drug-likeness (QED) is 0.767. The van der Waals surface area contributed by atoms with E-state index in [1.165, 1.54) is 0 Å². The molecule has 0 fully saturated rings. The molecular weight excluding hydrogens is 194 g/mol. The number of nitrogens with one attached hydrogen (secondary N) is 1. The molecule has 0 aromatic rings. The number of carbonyl (C=O) groups is 1. The van der Waals surface area contributed by atoms with Gasteiger partial charge in [-0.25, -0.2) is 0 Å². The Kier molecular flexibility index (Phi) is 5.57. The van der Waals surface area contributed by atoms with Crippen molar-refractivity contribution in [2.75, 3.05) is 6.26 Å². The molecule has 0 saturated heterocycles. The summed E-state index contributed by atoms with van der Waals surface area (Å²) in [5.74, 6) is 0.553. The van der Waals surface area contributed by atoms with Crippen LogP contribution in [0.25, 0.3) is 0 Å². The van der Waals surface area contributed by atoms with Gasteiger partial charge in [0.15, 0.2) is 0 Å². The van der Waals surface area contributed by atoms with Crippen molar-refractivity contribution in [1.29, 1.82) is 0 Å². The van der Waals surface area contributed by atoms with E-state index in [4.69, 9.17) is 0 Å². The van der Waals surface area contributed by atoms with Crippen LogP contribution in [0.3, 0.4) is 0 Å². The molecule has 1 N–H and O–H groups in total. The maximum Gasteiger partial charge on any atom is 0.233 e. The monoisotopic (exact) mass is 217 g/mol. The maximum absolute atomic E-state index is 11.9. The van der Waals surface area contributed by atoms with Crippen molar-refractivity contribution < 1.29 is 4.79 Å². The maximum atomic E-state index is 11.9. The van der Waals surface area contributed by atoms with Gasteiger partial charge in [0.05, 0.1) is 5.25 Å². The van der Waals surface area contributed by atoms with E-state index in [2.05, 4.69) is 39.9 Å². The number of amides is 1. The zero-order chi connectivity index (χ0) is 11.4. The van der Waals surface area contributed by atoms with E-state index in [-0.39, 0.29) is 16.7 Å². The first-order valence-electron chi connectivity index (χ1n) is 5.19. The van der Waals surface area contributed by atoms with E-state index in [9.17, 15) is 4.79 Å². The molecule has 0 saturated carbocycles. The Bertz CT molecular complexity index is 190. The number of thioether (sulfide) groups is 1. The largest absolute Gasteiger partial charge is 0.350 e. The second-order valence-corrected chi connectivity index (χ2v) is 5.61. The van der Waals surface area contributed by atoms with E-state index < -0.39 is 0 Å². The first-order chi connectivity index (χ1) is 6.34. The molecule has 2 nitrogen and oxygen atoms in total. The lowest BCUT2D eigenvalue weighted by Gasteiger charge is -2.28. The van der Waals surface area contributed by atoms with Crippen LogP contribution in [0, 0.1) is 5.92 Å². The minimum absolute atomic E-state index is 0.0702. The van der Waals surface area contributed by atoms with Gasteiger partial charge in [-0.15, -0.1) is 0 Å². The summed E-state index contributed by atoms with van der Waals surface area (Å²) in [6.45, 7) is 10.4. The van der Waals surface area contributed by atoms with Crippen LogP contribution < -0.4 is 5.32 Å². The van der Waals surface area contributed by atoms with Gasteiger partial charge in [-0.2, -0.15) is 11.8 Å². The molecule has 0 aliphatic heterocycles. The lowest BCUT2D eigenvalue weighted by Crippen LogP contribution is -2.47. The predicted molar refractivity (Wildman–Crippen MR) is 64.7 cm³/mol. The molecule has 1 amide bonds. The van der Waals surface area contributed by atoms with Crippen molar-refractivity contribution in [3.05, 3.63) is 0 Å². The van der Waals surface area contributed by atoms with Crippen LogP contribution in [0.4, 0.5) is 0 Å². The van der Waals surface area contributed by atoms with E-state index in [0.29, 0.717) is 5.92 Å². The van der Waals surface area contributed by atoms with E-state index in [1.54, 1.807) is 11.8 Å². The lowest BCUT2D eigenvalue weighted by molar-refractivity contribution is -0.122. The van der Waals surface area contributed by atoms with Crippen molar-refractivity contribution in [3.63, 3.8) is 0 Å². The number of carbonyl (C=O) groups excluding carboxylic acids is 1. The predicted octanol–water partition coefficient (Wildman–Crippen LogP) is 2.68. The first kappa shape index (κ1) is 13.8. The molecule has 1 atom stereocenters. The van der Waals surface area contributed by atoms with Crippen molar-refractivity contribution in [3.8, 4) is 0 Å². The fourth-order valence-electron chi connectivity index (χ4n) is 1.17. The van der Waals surface area contributed by atoms with Gasteiger partial charge >= 0.3 is 0 Å². The molecule has 0 aromatic heterocycles. The average molecular weight is 217 g/mol. The molecule has 84 valence electrons. The van der Waals surface area contributed by atoms with E-state index >= 15 is 0 Å². The Labute approximate surface area is 92.2 Å². The standard InChI is InChI=1S/C11H23NOS/c1-7-11(4,5)12-10(13)9(14-6)8(2)3/h8-9H,7H2,1-6H3,(H,12,13). The highest BCUT2D eigenvalue weighted by molar-refractivity contribution is 7.99. The fourth-order valence-corrected chi connectivity index (χ4v) is 1.99. The third-order valence-electron chi connectivity index (χ3n) is 2.46. The summed E-state index contributed by atoms with van der Waals surface area (Å²) in [7, 11) is 0. The number of rotatable bonds is 5. The van der Waals surface area contributed by atoms with Crippen LogP contribution in [0.15, 0.2) is 0 Å². The minimum Gasteiger partial charge on any atom is -0.350 e. The van der Waals surface area contributed by atoms with Crippen molar-refractivity contribution >= 4 is 17.7 Å². The Morgan fingerprint density at radius 2 is 1.93 bits per heavy atom. The normalized spacial score (nSPS) is 14.2. The molecule has 0 rings (SSSR count). The highest BCUT2D eigenvalue weighted by Crippen LogP contribution is 2.18. The van der Waals surface area contributed by atoms with E-state index in [1.807, 2.05) is 6.26 Å². The summed E-state index contributed by atoms with van der Waals surface area (Å²) in [5, 5.41) is 3.15. The molecule has 0 bridgehead atoms. The SMILES string of the molecule is CCC(C)(C)NC(=O)C(SC)C(C)C. The van der Waals surface area contributed by atoms with Gasteiger partial charge in [-0.05, 0) is 32.4 Å². The second-order valence-electron chi connectivity index (χ2n) is 4.63. The Morgan fingerprint density at radius 1 is 1.43 bits per heavy atom. The van der Waals surface area contributed by atoms with Gasteiger partial charge < -0.3 is 5.32 Å². The topological polar surface area (TPSA) is 29.1 Å². The summed E-state index contributed by atoms with van der Waals surface area (Å²) in [5.41, 5.74) is -0.0834. The highest BCUT2D eigenvalue weighted by Gasteiger charge is 2.25. The smallest absolute Gasteiger partial charge is 0.233 e. The molecule has 0 radical (unpaired) electrons. The molecule has 0 heterocycles. The molecule has 1 unspecified atom stereocenters. The van der Waals surface area contributed by atoms with Gasteiger partial charge in [0.2, 0.25) is 5.91 Å². The van der Waals surface area contributed by atoms with Crippen molar-refractivity contribution in [2.24, 2.45) is 5.92 Å². The Hall–Kier alpha value is -0.180. The van der Waals surface area contributed by atoms with Gasteiger partial charge in [0.1, 0.15) is 0 Å². The Balaban J connectivity index is 4.32. The van der Waals surface area contributed by atoms with Crippen LogP contribution in [-0.2, 0) is 4.79 Å². The minimum atomic E-state index is -0.0834. The first-order valence-corrected chi connectivity index (χ1v) is 6.47. The van der Waals surface area contributed by atoms with Gasteiger partial charge in [0, 0.05) is 5.54 Å². The number of hydrogen-bond donors (Lipinski definition) is 1. The molecule has 0 aliphatic carbocycles. The van der Waals surface area contributed by atoms with Crippen LogP contribution in [0.5, 0.6) is 0 Å². The number of hydrogen-bond acceptors (Lipinski definition) is 2. The third kappa shape index (κ3) is 4.36. The summed E-state index contributed by atoms with van der Waals surface area (Å²) in [4.78, 5) is 11.9. The fraction of sp³-hybridized carbons (Fsp3) is 0.909. The third-order valence-corrected chi connectivity index (χ3v) is 3.73. The second kappa shape index (κ2) is 5.64. The van der Waals surface area contributed by atoms with Crippen LogP contribution in [0.2, 0.25) is 0 Å².